The number of rotatable bonds is 2. The van der Waals surface area contributed by atoms with Crippen molar-refractivity contribution < 1.29 is 13.0 Å². The summed E-state index contributed by atoms with van der Waals surface area (Å²) < 4.78 is 44.5. The van der Waals surface area contributed by atoms with Crippen LogP contribution in [-0.2, 0) is 9.73 Å². The Kier molecular flexibility index (Phi) is 3.96. The van der Waals surface area contributed by atoms with E-state index >= 15 is 0 Å². The van der Waals surface area contributed by atoms with Crippen LogP contribution in [0.4, 0.5) is 8.78 Å². The summed E-state index contributed by atoms with van der Waals surface area (Å²) in [5.41, 5.74) is 3.49. The summed E-state index contributed by atoms with van der Waals surface area (Å²) in [7, 11) is -2.65. The van der Waals surface area contributed by atoms with Crippen LogP contribution < -0.4 is 0 Å². The van der Waals surface area contributed by atoms with Crippen molar-refractivity contribution in [3.05, 3.63) is 101 Å². The second-order valence-corrected chi connectivity index (χ2v) is 8.35. The van der Waals surface area contributed by atoms with Crippen LogP contribution >= 0.6 is 0 Å². The van der Waals surface area contributed by atoms with E-state index in [2.05, 4.69) is 4.36 Å². The number of nitrogens with zero attached hydrogens (tertiary/aromatic N) is 1. The predicted molar refractivity (Wildman–Crippen MR) is 99.9 cm³/mol. The predicted octanol–water partition coefficient (Wildman–Crippen LogP) is 5.35. The molecule has 1 heterocycles. The molecule has 0 bridgehead atoms. The summed E-state index contributed by atoms with van der Waals surface area (Å²) in [5, 5.41) is 0. The maximum Gasteiger partial charge on any atom is 0.123 e. The molecule has 1 unspecified atom stereocenters. The van der Waals surface area contributed by atoms with E-state index in [0.29, 0.717) is 16.2 Å². The quantitative estimate of drug-likeness (QED) is 0.600. The lowest BCUT2D eigenvalue weighted by atomic mass is 9.93. The molecule has 3 aromatic rings. The van der Waals surface area contributed by atoms with Crippen molar-refractivity contribution in [1.29, 1.82) is 0 Å². The van der Waals surface area contributed by atoms with Gasteiger partial charge in [0.05, 0.1) is 20.3 Å². The van der Waals surface area contributed by atoms with E-state index in [4.69, 9.17) is 0 Å². The third kappa shape index (κ3) is 2.84. The van der Waals surface area contributed by atoms with Gasteiger partial charge < -0.3 is 0 Å². The Morgan fingerprint density at radius 1 is 0.769 bits per heavy atom. The lowest BCUT2D eigenvalue weighted by molar-refractivity contribution is 0.627. The Balaban J connectivity index is 2.10. The van der Waals surface area contributed by atoms with Gasteiger partial charge in [-0.2, -0.15) is 4.36 Å². The average molecular weight is 367 g/mol. The highest BCUT2D eigenvalue weighted by atomic mass is 32.2. The van der Waals surface area contributed by atoms with Gasteiger partial charge in [-0.3, -0.25) is 0 Å². The smallest absolute Gasteiger partial charge is 0.123 e. The molecule has 0 N–H and O–H groups in total. The van der Waals surface area contributed by atoms with E-state index in [0.717, 1.165) is 16.7 Å². The zero-order chi connectivity index (χ0) is 18.3. The van der Waals surface area contributed by atoms with E-state index in [1.54, 1.807) is 36.6 Å². The SMILES string of the molecule is CS1(=O)=NC(c2ccc(F)cc2)=C(c2ccc(F)cc2)c2ccccc21. The van der Waals surface area contributed by atoms with Crippen molar-refractivity contribution in [3.8, 4) is 0 Å². The summed E-state index contributed by atoms with van der Waals surface area (Å²) in [6, 6.07) is 19.4. The van der Waals surface area contributed by atoms with E-state index in [9.17, 15) is 13.0 Å². The third-order valence-electron chi connectivity index (χ3n) is 4.32. The van der Waals surface area contributed by atoms with Crippen molar-refractivity contribution in [2.24, 2.45) is 4.36 Å². The molecule has 1 aliphatic heterocycles. The third-order valence-corrected chi connectivity index (χ3v) is 6.02. The Labute approximate surface area is 151 Å². The minimum atomic E-state index is -2.65. The van der Waals surface area contributed by atoms with Gasteiger partial charge in [-0.05, 0) is 48.0 Å². The van der Waals surface area contributed by atoms with Gasteiger partial charge in [-0.15, -0.1) is 0 Å². The van der Waals surface area contributed by atoms with Crippen LogP contribution in [0.15, 0.2) is 82.1 Å². The number of hydrogen-bond donors (Lipinski definition) is 0. The molecule has 0 spiro atoms. The first-order chi connectivity index (χ1) is 12.5. The molecule has 0 saturated carbocycles. The lowest BCUT2D eigenvalue weighted by Crippen LogP contribution is -2.09. The number of halogens is 2. The van der Waals surface area contributed by atoms with Crippen LogP contribution in [0.1, 0.15) is 16.7 Å². The van der Waals surface area contributed by atoms with Crippen molar-refractivity contribution >= 4 is 21.0 Å². The van der Waals surface area contributed by atoms with E-state index in [-0.39, 0.29) is 11.6 Å². The standard InChI is InChI=1S/C21H15F2NOS/c1-26(25)19-5-3-2-4-18(19)20(14-6-10-16(22)11-7-14)21(24-26)15-8-12-17(23)13-9-15/h2-13H,1H3. The van der Waals surface area contributed by atoms with Crippen LogP contribution in [0, 0.1) is 11.6 Å². The van der Waals surface area contributed by atoms with Crippen LogP contribution in [0.5, 0.6) is 0 Å². The van der Waals surface area contributed by atoms with Gasteiger partial charge in [-0.25, -0.2) is 13.0 Å². The Morgan fingerprint density at radius 2 is 1.31 bits per heavy atom. The second kappa shape index (κ2) is 6.18. The first-order valence-electron chi connectivity index (χ1n) is 8.03. The lowest BCUT2D eigenvalue weighted by Gasteiger charge is -2.23. The molecule has 3 aromatic carbocycles. The van der Waals surface area contributed by atoms with Crippen molar-refractivity contribution in [1.82, 2.24) is 0 Å². The second-order valence-electron chi connectivity index (χ2n) is 6.13. The fourth-order valence-corrected chi connectivity index (χ4v) is 4.67. The molecule has 0 amide bonds. The zero-order valence-electron chi connectivity index (χ0n) is 13.9. The molecule has 1 atom stereocenters. The van der Waals surface area contributed by atoms with Gasteiger partial charge in [-0.1, -0.05) is 30.3 Å². The summed E-state index contributed by atoms with van der Waals surface area (Å²) in [5.74, 6) is -0.691. The van der Waals surface area contributed by atoms with Crippen molar-refractivity contribution in [2.75, 3.05) is 6.26 Å². The number of hydrogen-bond acceptors (Lipinski definition) is 2. The fourth-order valence-electron chi connectivity index (χ4n) is 3.11. The van der Waals surface area contributed by atoms with E-state index < -0.39 is 9.73 Å². The zero-order valence-corrected chi connectivity index (χ0v) is 14.8. The van der Waals surface area contributed by atoms with Crippen LogP contribution in [0.3, 0.4) is 0 Å². The molecular weight excluding hydrogens is 352 g/mol. The molecule has 0 radical (unpaired) electrons. The molecule has 1 aliphatic rings. The molecular formula is C21H15F2NOS. The summed E-state index contributed by atoms with van der Waals surface area (Å²) in [6.07, 6.45) is 1.59. The van der Waals surface area contributed by atoms with Crippen molar-refractivity contribution in [3.63, 3.8) is 0 Å². The summed E-state index contributed by atoms with van der Waals surface area (Å²) in [6.45, 7) is 0. The van der Waals surface area contributed by atoms with Gasteiger partial charge in [0.2, 0.25) is 0 Å². The van der Waals surface area contributed by atoms with Gasteiger partial charge in [0.25, 0.3) is 0 Å². The Morgan fingerprint density at radius 3 is 1.92 bits per heavy atom. The first kappa shape index (κ1) is 16.7. The summed E-state index contributed by atoms with van der Waals surface area (Å²) >= 11 is 0. The molecule has 130 valence electrons. The first-order valence-corrected chi connectivity index (χ1v) is 9.96. The van der Waals surface area contributed by atoms with Crippen molar-refractivity contribution in [2.45, 2.75) is 4.90 Å². The molecule has 0 aliphatic carbocycles. The molecule has 2 nitrogen and oxygen atoms in total. The van der Waals surface area contributed by atoms with Crippen LogP contribution in [0.2, 0.25) is 0 Å². The maximum atomic E-state index is 13.4. The highest BCUT2D eigenvalue weighted by Gasteiger charge is 2.25. The molecule has 0 saturated heterocycles. The van der Waals surface area contributed by atoms with E-state index in [1.807, 2.05) is 18.2 Å². The van der Waals surface area contributed by atoms with Gasteiger partial charge in [0, 0.05) is 23.0 Å². The molecule has 5 heteroatoms. The Bertz CT molecular complexity index is 1140. The van der Waals surface area contributed by atoms with E-state index in [1.165, 1.54) is 24.3 Å². The summed E-state index contributed by atoms with van der Waals surface area (Å²) in [4.78, 5) is 0.644. The van der Waals surface area contributed by atoms with Crippen LogP contribution in [0.25, 0.3) is 11.3 Å². The normalized spacial score (nSPS) is 19.0. The van der Waals surface area contributed by atoms with Gasteiger partial charge >= 0.3 is 0 Å². The molecule has 0 aromatic heterocycles. The monoisotopic (exact) mass is 367 g/mol. The minimum absolute atomic E-state index is 0.335. The molecule has 0 fully saturated rings. The largest absolute Gasteiger partial charge is 0.245 e. The Hall–Kier alpha value is -2.79. The molecule has 26 heavy (non-hydrogen) atoms. The molecule has 4 rings (SSSR count). The number of fused-ring (bicyclic) bond motifs is 1. The van der Waals surface area contributed by atoms with Crippen LogP contribution in [-0.4, -0.2) is 10.5 Å². The average Bonchev–Trinajstić information content (AvgIpc) is 2.63. The fraction of sp³-hybridized carbons (Fsp3) is 0.0476. The van der Waals surface area contributed by atoms with Gasteiger partial charge in [0.1, 0.15) is 11.6 Å². The van der Waals surface area contributed by atoms with Gasteiger partial charge in [0.15, 0.2) is 0 Å². The number of benzene rings is 3. The maximum absolute atomic E-state index is 13.4. The highest BCUT2D eigenvalue weighted by Crippen LogP contribution is 2.41. The minimum Gasteiger partial charge on any atom is -0.245 e. The highest BCUT2D eigenvalue weighted by molar-refractivity contribution is 7.93. The topological polar surface area (TPSA) is 29.4 Å².